The predicted octanol–water partition coefficient (Wildman–Crippen LogP) is 26.6. The van der Waals surface area contributed by atoms with Crippen molar-refractivity contribution in [3.63, 3.8) is 0 Å². The van der Waals surface area contributed by atoms with E-state index in [1.807, 2.05) is 18.2 Å². The van der Waals surface area contributed by atoms with Gasteiger partial charge in [0.2, 0.25) is 0 Å². The number of nitrogens with zero attached hydrogens (tertiary/aromatic N) is 3. The Kier molecular flexibility index (Phi) is 15.0. The molecular weight excluding hydrogens is 1330 g/mol. The molecule has 4 nitrogen and oxygen atoms in total. The van der Waals surface area contributed by atoms with Gasteiger partial charge in [-0.2, -0.15) is 0 Å². The minimum Gasteiger partial charge on any atom is -0.356 e. The maximum absolute atomic E-state index is 3.72. The summed E-state index contributed by atoms with van der Waals surface area (Å²) >= 11 is 3.72. The summed E-state index contributed by atoms with van der Waals surface area (Å²) in [5.74, 6) is 0. The van der Waals surface area contributed by atoms with Gasteiger partial charge in [0, 0.05) is 65.8 Å². The fourth-order valence-corrected chi connectivity index (χ4v) is 18.2. The van der Waals surface area contributed by atoms with E-state index < -0.39 is 5.41 Å². The van der Waals surface area contributed by atoms with Crippen molar-refractivity contribution in [3.05, 3.63) is 437 Å². The van der Waals surface area contributed by atoms with Crippen LogP contribution in [0.2, 0.25) is 0 Å². The Morgan fingerprint density at radius 3 is 1.02 bits per heavy atom. The zero-order valence-corrected chi connectivity index (χ0v) is 57.8. The van der Waals surface area contributed by atoms with Gasteiger partial charge in [-0.3, -0.25) is 0 Å². The normalized spacial score (nSPS) is 12.9. The van der Waals surface area contributed by atoms with Gasteiger partial charge in [-0.05, 0) is 210 Å². The summed E-state index contributed by atoms with van der Waals surface area (Å²) in [6.07, 6.45) is 0. The first-order valence-corrected chi connectivity index (χ1v) is 36.2. The highest BCUT2D eigenvalue weighted by Gasteiger charge is 2.53. The molecule has 4 aliphatic carbocycles. The van der Waals surface area contributed by atoms with Crippen molar-refractivity contribution in [2.45, 2.75) is 18.3 Å². The average Bonchev–Trinajstić information content (AvgIpc) is 1.51. The number of aromatic nitrogens is 2. The molecule has 104 heavy (non-hydrogen) atoms. The lowest BCUT2D eigenvalue weighted by Gasteiger charge is -2.32. The Morgan fingerprint density at radius 1 is 0.231 bits per heavy atom. The lowest BCUT2D eigenvalue weighted by molar-refractivity contribution is 0.793. The molecule has 2 heterocycles. The van der Waals surface area contributed by atoms with Gasteiger partial charge in [0.15, 0.2) is 0 Å². The summed E-state index contributed by atoms with van der Waals surface area (Å²) in [5.41, 5.74) is 33.8. The van der Waals surface area contributed by atoms with Crippen molar-refractivity contribution in [2.75, 3.05) is 10.2 Å². The molecule has 0 atom stereocenters. The van der Waals surface area contributed by atoms with E-state index in [2.05, 4.69) is 405 Å². The number of fused-ring (bicyclic) bond motifs is 26. The molecule has 0 fully saturated rings. The Morgan fingerprint density at radius 2 is 0.558 bits per heavy atom. The fourth-order valence-electron chi connectivity index (χ4n) is 17.9. The molecule has 0 aliphatic heterocycles. The second-order valence-corrected chi connectivity index (χ2v) is 28.1. The number of rotatable bonds is 7. The minimum atomic E-state index is -0.398. The third kappa shape index (κ3) is 9.43. The van der Waals surface area contributed by atoms with Crippen LogP contribution >= 0.6 is 15.9 Å². The van der Waals surface area contributed by atoms with Gasteiger partial charge in [0.1, 0.15) is 0 Å². The molecule has 0 bridgehead atoms. The summed E-state index contributed by atoms with van der Waals surface area (Å²) in [6, 6.07) is 141. The minimum absolute atomic E-state index is 0. The molecule has 2 spiro atoms. The highest BCUT2D eigenvalue weighted by atomic mass is 79.9. The maximum Gasteiger partial charge on any atom is 0.0726 e. The molecule has 0 radical (unpaired) electrons. The van der Waals surface area contributed by atoms with Crippen molar-refractivity contribution in [1.29, 1.82) is 0 Å². The van der Waals surface area contributed by atoms with Crippen LogP contribution in [-0.4, -0.2) is 9.13 Å². The number of halogens is 1. The number of hydrogen-bond donors (Lipinski definition) is 1. The van der Waals surface area contributed by atoms with E-state index in [0.717, 1.165) is 38.6 Å². The summed E-state index contributed by atoms with van der Waals surface area (Å²) < 4.78 is 5.84. The van der Waals surface area contributed by atoms with Crippen molar-refractivity contribution in [2.24, 2.45) is 0 Å². The molecule has 0 saturated carbocycles. The highest BCUT2D eigenvalue weighted by Crippen LogP contribution is 2.65. The van der Waals surface area contributed by atoms with Crippen molar-refractivity contribution >= 4 is 88.0 Å². The molecule has 2 aromatic heterocycles. The maximum atomic E-state index is 3.72. The van der Waals surface area contributed by atoms with Gasteiger partial charge in [-0.1, -0.05) is 290 Å². The van der Waals surface area contributed by atoms with Crippen LogP contribution in [0.15, 0.2) is 393 Å². The number of para-hydroxylation sites is 6. The third-order valence-electron chi connectivity index (χ3n) is 21.9. The predicted molar refractivity (Wildman–Crippen MR) is 439 cm³/mol. The SMILES string of the molecule is Brc1ccc2c(c1)C1(c3ccccc3-c3ccccc31)c1ccccc1-2.C.c1ccc(N(c2ccc3c(c2)C2(c4ccccc4-c4ccccc42)c2ccccc2-3)c2ccc3c(c2)c2ccccc2n3-c2ccccc2)cc1.c1ccc(Nc2ccc3c(c2)c2ccccc2n3-c2ccccc2)cc1. The quantitative estimate of drug-likeness (QED) is 0.172. The molecule has 4 aliphatic rings. The molecule has 18 aromatic rings. The van der Waals surface area contributed by atoms with Crippen LogP contribution in [-0.2, 0) is 10.8 Å². The van der Waals surface area contributed by atoms with E-state index in [9.17, 15) is 0 Å². The van der Waals surface area contributed by atoms with Gasteiger partial charge in [-0.25, -0.2) is 0 Å². The van der Waals surface area contributed by atoms with Crippen LogP contribution < -0.4 is 10.2 Å². The first kappa shape index (κ1) is 62.2. The van der Waals surface area contributed by atoms with Crippen LogP contribution in [0.5, 0.6) is 0 Å². The van der Waals surface area contributed by atoms with Crippen LogP contribution in [0.25, 0.3) is 99.5 Å². The lowest BCUT2D eigenvalue weighted by atomic mass is 9.70. The highest BCUT2D eigenvalue weighted by molar-refractivity contribution is 9.10. The molecule has 22 rings (SSSR count). The second-order valence-electron chi connectivity index (χ2n) is 27.2. The summed E-state index contributed by atoms with van der Waals surface area (Å²) in [5, 5.41) is 8.50. The van der Waals surface area contributed by atoms with Crippen LogP contribution in [0, 0.1) is 0 Å². The van der Waals surface area contributed by atoms with Crippen molar-refractivity contribution in [1.82, 2.24) is 9.13 Å². The molecule has 0 amide bonds. The van der Waals surface area contributed by atoms with Crippen LogP contribution in [0.3, 0.4) is 0 Å². The number of benzene rings is 16. The summed E-state index contributed by atoms with van der Waals surface area (Å²) in [7, 11) is 0. The number of nitrogens with one attached hydrogen (secondary N) is 1. The van der Waals surface area contributed by atoms with Gasteiger partial charge < -0.3 is 19.4 Å². The van der Waals surface area contributed by atoms with Crippen LogP contribution in [0.4, 0.5) is 28.4 Å². The first-order valence-electron chi connectivity index (χ1n) is 35.4. The third-order valence-corrected chi connectivity index (χ3v) is 22.4. The zero-order valence-electron chi connectivity index (χ0n) is 56.2. The Labute approximate surface area is 614 Å². The molecular formula is C99H69BrN4. The Hall–Kier alpha value is -12.8. The zero-order chi connectivity index (χ0) is 68.2. The fraction of sp³-hybridized carbons (Fsp3) is 0.0303. The van der Waals surface area contributed by atoms with E-state index in [-0.39, 0.29) is 12.8 Å². The first-order chi connectivity index (χ1) is 51.0. The standard InChI is InChI=1S/C49H32N2.C25H15Br.C24H18N2.CH4/c1-3-15-33(16-4-1)50(35-28-30-48-42(31-35)41-22-10-14-26-47(41)51(48)34-17-5-2-6-18-34)36-27-29-40-39-21-9-13-25-45(39)49(46(40)32-36)43-23-11-7-19-37(43)38-20-8-12-24-44(38)49;26-16-13-14-20-19-9-3-6-12-23(19)25(24(20)15-16)21-10-4-1-7-17(21)18-8-2-5-11-22(18)25;1-3-9-18(10-4-1)25-19-15-16-24-22(17-19)21-13-7-8-14-23(21)26(24)20-11-5-2-6-12-20;/h1-32H;1-15H;1-17,25H;1H4. The molecule has 16 aromatic carbocycles. The van der Waals surface area contributed by atoms with Crippen molar-refractivity contribution < 1.29 is 0 Å². The summed E-state index contributed by atoms with van der Waals surface area (Å²) in [4.78, 5) is 2.43. The Balaban J connectivity index is 0.000000118. The smallest absolute Gasteiger partial charge is 0.0726 e. The molecule has 1 N–H and O–H groups in total. The van der Waals surface area contributed by atoms with E-state index in [1.165, 1.54) is 138 Å². The van der Waals surface area contributed by atoms with E-state index in [4.69, 9.17) is 0 Å². The molecule has 0 saturated heterocycles. The molecule has 492 valence electrons. The average molecular weight is 1390 g/mol. The largest absolute Gasteiger partial charge is 0.356 e. The second kappa shape index (κ2) is 25.1. The molecule has 5 heteroatoms. The van der Waals surface area contributed by atoms with E-state index in [1.54, 1.807) is 0 Å². The molecule has 0 unspecified atom stereocenters. The topological polar surface area (TPSA) is 25.1 Å². The number of hydrogen-bond acceptors (Lipinski definition) is 2. The summed E-state index contributed by atoms with van der Waals surface area (Å²) in [6.45, 7) is 0. The van der Waals surface area contributed by atoms with Gasteiger partial charge >= 0.3 is 0 Å². The van der Waals surface area contributed by atoms with E-state index in [0.29, 0.717) is 0 Å². The number of anilines is 5. The van der Waals surface area contributed by atoms with Gasteiger partial charge in [0.25, 0.3) is 0 Å². The van der Waals surface area contributed by atoms with Crippen LogP contribution in [0.1, 0.15) is 51.9 Å². The van der Waals surface area contributed by atoms with Crippen molar-refractivity contribution in [3.8, 4) is 55.9 Å². The van der Waals surface area contributed by atoms with E-state index >= 15 is 0 Å². The lowest BCUT2D eigenvalue weighted by Crippen LogP contribution is -2.26. The van der Waals surface area contributed by atoms with Gasteiger partial charge in [0.05, 0.1) is 32.9 Å². The Bertz CT molecular complexity index is 6240. The van der Waals surface area contributed by atoms with Gasteiger partial charge in [-0.15, -0.1) is 0 Å². The monoisotopic (exact) mass is 1390 g/mol.